The third kappa shape index (κ3) is 15.5. The van der Waals surface area contributed by atoms with Gasteiger partial charge in [-0.25, -0.2) is 0 Å². The van der Waals surface area contributed by atoms with E-state index in [0.717, 1.165) is 10.1 Å². The minimum atomic E-state index is -1.06. The van der Waals surface area contributed by atoms with E-state index in [1.807, 2.05) is 0 Å². The number of carboxylic acid groups (broad SMARTS) is 1. The second-order valence-corrected chi connectivity index (χ2v) is 9.77. The van der Waals surface area contributed by atoms with Crippen molar-refractivity contribution in [1.29, 1.82) is 0 Å². The molecule has 0 aliphatic heterocycles. The summed E-state index contributed by atoms with van der Waals surface area (Å²) >= 11 is 4.38. The van der Waals surface area contributed by atoms with Crippen LogP contribution in [0, 0.1) is 0 Å². The molecule has 0 aromatic carbocycles. The molecule has 154 valence electrons. The quantitative estimate of drug-likeness (QED) is 0.163. The number of nitrogens with zero attached hydrogens (tertiary/aromatic N) is 2. The number of aromatic nitrogens is 2. The normalized spacial score (nSPS) is 10.7. The number of unbranched alkanes of at least 4 members (excludes halogenated alkanes) is 11. The molecule has 26 heavy (non-hydrogen) atoms. The van der Waals surface area contributed by atoms with Gasteiger partial charge in [0.25, 0.3) is 0 Å². The summed E-state index contributed by atoms with van der Waals surface area (Å²) in [7, 11) is 0. The summed E-state index contributed by atoms with van der Waals surface area (Å²) in [5.74, 6) is -0.0548. The van der Waals surface area contributed by atoms with Crippen molar-refractivity contribution in [1.82, 2.24) is 10.2 Å². The van der Waals surface area contributed by atoms with Crippen molar-refractivity contribution in [3.63, 3.8) is 0 Å². The number of aliphatic carboxylic acids is 1. The van der Waals surface area contributed by atoms with E-state index in [2.05, 4.69) is 17.1 Å². The van der Waals surface area contributed by atoms with Crippen molar-refractivity contribution >= 4 is 40.8 Å². The Balaban J connectivity index is 0.00000625. The molecule has 1 aromatic rings. The third-order valence-corrected chi connectivity index (χ3v) is 7.17. The summed E-state index contributed by atoms with van der Waals surface area (Å²) in [5, 5.41) is 18.5. The van der Waals surface area contributed by atoms with Crippen LogP contribution in [0.5, 0.6) is 0 Å². The molecular weight excluding hydrogens is 480 g/mol. The summed E-state index contributed by atoms with van der Waals surface area (Å²) in [6.07, 6.45) is 16.4. The second kappa shape index (κ2) is 18.8. The molecule has 0 aliphatic carbocycles. The van der Waals surface area contributed by atoms with E-state index in [0.29, 0.717) is 4.34 Å². The van der Waals surface area contributed by atoms with Gasteiger partial charge in [-0.1, -0.05) is 112 Å². The SMILES string of the molecule is CCCCCCCCCCCCCCSc1nnc(SCC(=O)[O-])s1.[Ag+]. The van der Waals surface area contributed by atoms with Gasteiger partial charge in [0, 0.05) is 11.5 Å². The number of rotatable bonds is 17. The standard InChI is InChI=1S/C18H32N2O2S3.Ag/c1-2-3-4-5-6-7-8-9-10-11-12-13-14-23-17-19-20-18(25-17)24-15-16(21)22;/h2-15H2,1H3,(H,21,22);/q;+1/p-1. The third-order valence-electron chi connectivity index (χ3n) is 3.92. The van der Waals surface area contributed by atoms with Crippen LogP contribution >= 0.6 is 34.9 Å². The largest absolute Gasteiger partial charge is 1.00 e. The zero-order chi connectivity index (χ0) is 18.2. The Morgan fingerprint density at radius 3 is 1.81 bits per heavy atom. The first-order chi connectivity index (χ1) is 12.2. The van der Waals surface area contributed by atoms with Gasteiger partial charge in [0.1, 0.15) is 0 Å². The Kier molecular flexibility index (Phi) is 19.2. The summed E-state index contributed by atoms with van der Waals surface area (Å²) in [5.41, 5.74) is 0. The smallest absolute Gasteiger partial charge is 0.549 e. The van der Waals surface area contributed by atoms with Crippen molar-refractivity contribution in [2.45, 2.75) is 92.7 Å². The van der Waals surface area contributed by atoms with E-state index in [1.165, 1.54) is 100 Å². The van der Waals surface area contributed by atoms with Crippen LogP contribution in [0.15, 0.2) is 8.68 Å². The maximum absolute atomic E-state index is 10.4. The molecule has 0 radical (unpaired) electrons. The number of hydrogen-bond donors (Lipinski definition) is 0. The molecule has 0 aliphatic rings. The van der Waals surface area contributed by atoms with Gasteiger partial charge in [-0.15, -0.1) is 10.2 Å². The number of hydrogen-bond acceptors (Lipinski definition) is 7. The van der Waals surface area contributed by atoms with Crippen molar-refractivity contribution in [3.05, 3.63) is 0 Å². The predicted molar refractivity (Wildman–Crippen MR) is 107 cm³/mol. The van der Waals surface area contributed by atoms with Gasteiger partial charge in [0.15, 0.2) is 8.68 Å². The average Bonchev–Trinajstić information content (AvgIpc) is 3.05. The Bertz CT molecular complexity index is 461. The van der Waals surface area contributed by atoms with Crippen LogP contribution in [0.3, 0.4) is 0 Å². The summed E-state index contributed by atoms with van der Waals surface area (Å²) < 4.78 is 1.64. The summed E-state index contributed by atoms with van der Waals surface area (Å²) in [6.45, 7) is 2.27. The van der Waals surface area contributed by atoms with E-state index >= 15 is 0 Å². The topological polar surface area (TPSA) is 65.9 Å². The van der Waals surface area contributed by atoms with Crippen LogP contribution in [0.25, 0.3) is 0 Å². The summed E-state index contributed by atoms with van der Waals surface area (Å²) in [4.78, 5) is 10.4. The average molecular weight is 512 g/mol. The number of carbonyl (C=O) groups excluding carboxylic acids is 1. The van der Waals surface area contributed by atoms with Crippen LogP contribution < -0.4 is 5.11 Å². The summed E-state index contributed by atoms with van der Waals surface area (Å²) in [6, 6.07) is 0. The van der Waals surface area contributed by atoms with Gasteiger partial charge in [0.2, 0.25) is 0 Å². The van der Waals surface area contributed by atoms with Crippen LogP contribution in [0.1, 0.15) is 84.0 Å². The van der Waals surface area contributed by atoms with Crippen LogP contribution in [-0.2, 0) is 27.2 Å². The fraction of sp³-hybridized carbons (Fsp3) is 0.833. The molecule has 1 heterocycles. The number of carboxylic acids is 1. The molecule has 4 nitrogen and oxygen atoms in total. The monoisotopic (exact) mass is 510 g/mol. The van der Waals surface area contributed by atoms with Crippen LogP contribution in [0.2, 0.25) is 0 Å². The molecule has 0 saturated carbocycles. The number of carbonyl (C=O) groups is 1. The molecule has 0 unspecified atom stereocenters. The van der Waals surface area contributed by atoms with Crippen molar-refractivity contribution in [3.8, 4) is 0 Å². The zero-order valence-electron chi connectivity index (χ0n) is 15.6. The fourth-order valence-corrected chi connectivity index (χ4v) is 5.34. The minimum absolute atomic E-state index is 0. The predicted octanol–water partition coefficient (Wildman–Crippen LogP) is 5.17. The number of thioether (sulfide) groups is 2. The molecule has 0 N–H and O–H groups in total. The molecule has 0 spiro atoms. The molecule has 0 amide bonds. The Morgan fingerprint density at radius 2 is 1.31 bits per heavy atom. The van der Waals surface area contributed by atoms with E-state index in [4.69, 9.17) is 0 Å². The molecule has 1 rings (SSSR count). The van der Waals surface area contributed by atoms with E-state index in [9.17, 15) is 9.90 Å². The molecule has 8 heteroatoms. The Hall–Kier alpha value is 0.470. The van der Waals surface area contributed by atoms with E-state index in [1.54, 1.807) is 11.8 Å². The molecule has 0 bridgehead atoms. The molecule has 0 fully saturated rings. The van der Waals surface area contributed by atoms with Gasteiger partial charge in [0.05, 0.1) is 5.97 Å². The van der Waals surface area contributed by atoms with Gasteiger partial charge in [-0.3, -0.25) is 0 Å². The van der Waals surface area contributed by atoms with Gasteiger partial charge >= 0.3 is 22.4 Å². The minimum Gasteiger partial charge on any atom is -0.549 e. The Morgan fingerprint density at radius 1 is 0.846 bits per heavy atom. The van der Waals surface area contributed by atoms with Gasteiger partial charge in [-0.05, 0) is 6.42 Å². The first kappa shape index (κ1) is 26.5. The second-order valence-electron chi connectivity index (χ2n) is 6.23. The fourth-order valence-electron chi connectivity index (χ4n) is 2.54. The van der Waals surface area contributed by atoms with Crippen LogP contribution in [0.4, 0.5) is 0 Å². The zero-order valence-corrected chi connectivity index (χ0v) is 19.6. The molecule has 1 aromatic heterocycles. The maximum atomic E-state index is 10.4. The van der Waals surface area contributed by atoms with E-state index in [-0.39, 0.29) is 28.1 Å². The molecule has 0 atom stereocenters. The van der Waals surface area contributed by atoms with Crippen molar-refractivity contribution < 1.29 is 32.3 Å². The van der Waals surface area contributed by atoms with Crippen molar-refractivity contribution in [2.24, 2.45) is 0 Å². The molecule has 0 saturated heterocycles. The Labute approximate surface area is 186 Å². The van der Waals surface area contributed by atoms with Crippen LogP contribution in [-0.4, -0.2) is 27.7 Å². The van der Waals surface area contributed by atoms with Gasteiger partial charge < -0.3 is 9.90 Å². The van der Waals surface area contributed by atoms with E-state index < -0.39 is 5.97 Å². The van der Waals surface area contributed by atoms with Gasteiger partial charge in [-0.2, -0.15) is 0 Å². The molecular formula is C18H31AgN2O2S3. The van der Waals surface area contributed by atoms with Crippen molar-refractivity contribution in [2.75, 3.05) is 11.5 Å². The maximum Gasteiger partial charge on any atom is 1.00 e. The first-order valence-electron chi connectivity index (χ1n) is 9.51. The first-order valence-corrected chi connectivity index (χ1v) is 12.3.